The number of benzene rings is 1. The van der Waals surface area contributed by atoms with E-state index in [0.717, 1.165) is 0 Å². The van der Waals surface area contributed by atoms with Gasteiger partial charge in [0.1, 0.15) is 5.82 Å². The van der Waals surface area contributed by atoms with Gasteiger partial charge in [-0.25, -0.2) is 4.39 Å². The minimum absolute atomic E-state index is 0.248. The topological polar surface area (TPSA) is 26.0 Å². The second-order valence-electron chi connectivity index (χ2n) is 2.13. The molecule has 11 heavy (non-hydrogen) atoms. The maximum Gasteiger partial charge on any atom is 0.185 e. The van der Waals surface area contributed by atoms with Crippen LogP contribution in [0.15, 0.2) is 22.9 Å². The smallest absolute Gasteiger partial charge is 0.185 e. The number of hydrogen-bond donors (Lipinski definition) is 0. The van der Waals surface area contributed by atoms with Crippen molar-refractivity contribution in [2.24, 2.45) is 0 Å². The van der Waals surface area contributed by atoms with Crippen LogP contribution in [0.2, 0.25) is 5.02 Å². The third-order valence-electron chi connectivity index (χ3n) is 1.37. The molecule has 0 bridgehead atoms. The van der Waals surface area contributed by atoms with E-state index in [1.165, 1.54) is 18.3 Å². The Morgan fingerprint density at radius 2 is 2.27 bits per heavy atom. The number of rotatable bonds is 0. The Morgan fingerprint density at radius 1 is 1.45 bits per heavy atom. The quantitative estimate of drug-likeness (QED) is 0.609. The zero-order valence-electron chi connectivity index (χ0n) is 5.34. The van der Waals surface area contributed by atoms with Gasteiger partial charge in [-0.15, -0.1) is 0 Å². The Kier molecular flexibility index (Phi) is 1.32. The molecular formula is C7H3ClFNO. The molecule has 0 aliphatic carbocycles. The van der Waals surface area contributed by atoms with Crippen LogP contribution in [-0.2, 0) is 0 Å². The molecule has 0 fully saturated rings. The van der Waals surface area contributed by atoms with Crippen molar-refractivity contribution in [2.45, 2.75) is 0 Å². The maximum atomic E-state index is 12.6. The maximum absolute atomic E-state index is 12.6. The fraction of sp³-hybridized carbons (Fsp3) is 0. The zero-order valence-corrected chi connectivity index (χ0v) is 6.10. The molecule has 0 saturated heterocycles. The molecule has 4 heteroatoms. The van der Waals surface area contributed by atoms with Crippen LogP contribution in [0.4, 0.5) is 4.39 Å². The Balaban J connectivity index is 2.91. The molecule has 0 radical (unpaired) electrons. The Labute approximate surface area is 66.5 Å². The van der Waals surface area contributed by atoms with Crippen LogP contribution >= 0.6 is 11.6 Å². The fourth-order valence-electron chi connectivity index (χ4n) is 0.908. The summed E-state index contributed by atoms with van der Waals surface area (Å²) in [4.78, 5) is 0. The molecule has 0 aliphatic heterocycles. The van der Waals surface area contributed by atoms with Gasteiger partial charge in [0.25, 0.3) is 0 Å². The monoisotopic (exact) mass is 171 g/mol. The minimum Gasteiger partial charge on any atom is -0.355 e. The first-order chi connectivity index (χ1) is 5.27. The van der Waals surface area contributed by atoms with Crippen molar-refractivity contribution in [1.29, 1.82) is 0 Å². The van der Waals surface area contributed by atoms with E-state index in [1.807, 2.05) is 0 Å². The summed E-state index contributed by atoms with van der Waals surface area (Å²) in [6.07, 6.45) is 1.42. The lowest BCUT2D eigenvalue weighted by molar-refractivity contribution is 0.456. The molecule has 2 nitrogen and oxygen atoms in total. The summed E-state index contributed by atoms with van der Waals surface area (Å²) < 4.78 is 17.4. The van der Waals surface area contributed by atoms with Crippen LogP contribution in [0.5, 0.6) is 0 Å². The molecule has 2 aromatic rings. The van der Waals surface area contributed by atoms with E-state index < -0.39 is 0 Å². The van der Waals surface area contributed by atoms with Gasteiger partial charge in [-0.3, -0.25) is 0 Å². The van der Waals surface area contributed by atoms with Gasteiger partial charge < -0.3 is 4.52 Å². The molecule has 0 N–H and O–H groups in total. The van der Waals surface area contributed by atoms with E-state index >= 15 is 0 Å². The highest BCUT2D eigenvalue weighted by molar-refractivity contribution is 6.34. The molecular weight excluding hydrogens is 169 g/mol. The van der Waals surface area contributed by atoms with Gasteiger partial charge >= 0.3 is 0 Å². The summed E-state index contributed by atoms with van der Waals surface area (Å²) in [5.41, 5.74) is 0.424. The number of fused-ring (bicyclic) bond motifs is 1. The molecule has 0 amide bonds. The number of hydrogen-bond acceptors (Lipinski definition) is 2. The molecule has 0 unspecified atom stereocenters. The summed E-state index contributed by atoms with van der Waals surface area (Å²) in [5.74, 6) is -0.384. The first-order valence-corrected chi connectivity index (χ1v) is 3.34. The highest BCUT2D eigenvalue weighted by atomic mass is 35.5. The average Bonchev–Trinajstić information content (AvgIpc) is 2.34. The molecule has 0 saturated carbocycles. The molecule has 1 aromatic carbocycles. The van der Waals surface area contributed by atoms with E-state index in [9.17, 15) is 4.39 Å². The third-order valence-corrected chi connectivity index (χ3v) is 1.65. The lowest BCUT2D eigenvalue weighted by Gasteiger charge is -1.89. The van der Waals surface area contributed by atoms with Crippen molar-refractivity contribution in [3.8, 4) is 0 Å². The van der Waals surface area contributed by atoms with Gasteiger partial charge in [-0.2, -0.15) is 0 Å². The summed E-state index contributed by atoms with van der Waals surface area (Å²) in [6.45, 7) is 0. The van der Waals surface area contributed by atoms with Gasteiger partial charge in [0, 0.05) is 5.39 Å². The van der Waals surface area contributed by atoms with Crippen molar-refractivity contribution in [1.82, 2.24) is 5.16 Å². The molecule has 56 valence electrons. The number of halogens is 2. The van der Waals surface area contributed by atoms with Gasteiger partial charge in [0.15, 0.2) is 5.58 Å². The summed E-state index contributed by atoms with van der Waals surface area (Å²) in [5, 5.41) is 4.30. The molecule has 0 aliphatic rings. The van der Waals surface area contributed by atoms with Gasteiger partial charge in [0.05, 0.1) is 11.2 Å². The van der Waals surface area contributed by atoms with Gasteiger partial charge in [-0.05, 0) is 12.1 Å². The molecule has 0 atom stereocenters. The standard InChI is InChI=1S/C7H3ClFNO/c8-6-2-5(9)1-4-3-10-11-7(4)6/h1-3H. The first-order valence-electron chi connectivity index (χ1n) is 2.97. The molecule has 1 aromatic heterocycles. The van der Waals surface area contributed by atoms with Crippen LogP contribution in [0.25, 0.3) is 11.0 Å². The van der Waals surface area contributed by atoms with Gasteiger partial charge in [-0.1, -0.05) is 16.8 Å². The summed E-state index contributed by atoms with van der Waals surface area (Å²) >= 11 is 5.63. The van der Waals surface area contributed by atoms with Crippen molar-refractivity contribution < 1.29 is 8.91 Å². The number of nitrogens with zero attached hydrogens (tertiary/aromatic N) is 1. The van der Waals surface area contributed by atoms with Crippen molar-refractivity contribution in [3.63, 3.8) is 0 Å². The minimum atomic E-state index is -0.384. The number of aromatic nitrogens is 1. The SMILES string of the molecule is Fc1cc(Cl)c2oncc2c1. The lowest BCUT2D eigenvalue weighted by Crippen LogP contribution is -1.72. The van der Waals surface area contributed by atoms with Crippen molar-refractivity contribution in [2.75, 3.05) is 0 Å². The lowest BCUT2D eigenvalue weighted by atomic mass is 10.3. The van der Waals surface area contributed by atoms with Gasteiger partial charge in [0.2, 0.25) is 0 Å². The first kappa shape index (κ1) is 6.61. The average molecular weight is 172 g/mol. The summed E-state index contributed by atoms with van der Waals surface area (Å²) in [6, 6.07) is 2.51. The van der Waals surface area contributed by atoms with E-state index in [-0.39, 0.29) is 10.8 Å². The normalized spacial score (nSPS) is 10.7. The molecule has 1 heterocycles. The molecule has 0 spiro atoms. The second-order valence-corrected chi connectivity index (χ2v) is 2.54. The third kappa shape index (κ3) is 0.973. The summed E-state index contributed by atoms with van der Waals surface area (Å²) in [7, 11) is 0. The highest BCUT2D eigenvalue weighted by Crippen LogP contribution is 2.23. The van der Waals surface area contributed by atoms with Crippen molar-refractivity contribution >= 4 is 22.6 Å². The van der Waals surface area contributed by atoms with E-state index in [4.69, 9.17) is 16.1 Å². The van der Waals surface area contributed by atoms with E-state index in [0.29, 0.717) is 11.0 Å². The van der Waals surface area contributed by atoms with Crippen LogP contribution < -0.4 is 0 Å². The zero-order chi connectivity index (χ0) is 7.84. The van der Waals surface area contributed by atoms with E-state index in [2.05, 4.69) is 5.16 Å². The Hall–Kier alpha value is -1.09. The second kappa shape index (κ2) is 2.20. The predicted molar refractivity (Wildman–Crippen MR) is 39.0 cm³/mol. The molecule has 2 rings (SSSR count). The largest absolute Gasteiger partial charge is 0.355 e. The van der Waals surface area contributed by atoms with E-state index in [1.54, 1.807) is 0 Å². The van der Waals surface area contributed by atoms with Crippen LogP contribution in [-0.4, -0.2) is 5.16 Å². The fourth-order valence-corrected chi connectivity index (χ4v) is 1.16. The Bertz CT molecular complexity index is 398. The van der Waals surface area contributed by atoms with Crippen LogP contribution in [0, 0.1) is 5.82 Å². The predicted octanol–water partition coefficient (Wildman–Crippen LogP) is 2.62. The van der Waals surface area contributed by atoms with Crippen molar-refractivity contribution in [3.05, 3.63) is 29.2 Å². The Morgan fingerprint density at radius 3 is 3.09 bits per heavy atom. The van der Waals surface area contributed by atoms with Crippen LogP contribution in [0.1, 0.15) is 0 Å². The van der Waals surface area contributed by atoms with Crippen LogP contribution in [0.3, 0.4) is 0 Å². The highest BCUT2D eigenvalue weighted by Gasteiger charge is 2.05.